The average molecular weight is 249 g/mol. The van der Waals surface area contributed by atoms with E-state index in [1.807, 2.05) is 0 Å². The van der Waals surface area contributed by atoms with E-state index >= 15 is 0 Å². The zero-order valence-electron chi connectivity index (χ0n) is 10.5. The van der Waals surface area contributed by atoms with Crippen molar-refractivity contribution in [2.75, 3.05) is 0 Å². The Kier molecular flexibility index (Phi) is 4.50. The molecular formula is C13H19N3O2. The van der Waals surface area contributed by atoms with E-state index in [-0.39, 0.29) is 12.5 Å². The first-order valence-electron chi connectivity index (χ1n) is 6.55. The van der Waals surface area contributed by atoms with E-state index in [9.17, 15) is 9.59 Å². The summed E-state index contributed by atoms with van der Waals surface area (Å²) in [6.07, 6.45) is 10.9. The fourth-order valence-corrected chi connectivity index (χ4v) is 2.42. The Morgan fingerprint density at radius 3 is 2.78 bits per heavy atom. The van der Waals surface area contributed by atoms with Crippen LogP contribution in [-0.4, -0.2) is 27.8 Å². The second-order valence-corrected chi connectivity index (χ2v) is 4.79. The second kappa shape index (κ2) is 6.33. The van der Waals surface area contributed by atoms with Crippen molar-refractivity contribution in [2.24, 2.45) is 0 Å². The normalized spacial score (nSPS) is 17.1. The Balaban J connectivity index is 1.86. The lowest BCUT2D eigenvalue weighted by atomic mass is 10.1. The number of nitrogens with one attached hydrogen (secondary N) is 1. The number of amides is 1. The van der Waals surface area contributed by atoms with Gasteiger partial charge in [-0.05, 0) is 12.8 Å². The summed E-state index contributed by atoms with van der Waals surface area (Å²) in [6.45, 7) is 0.171. The monoisotopic (exact) mass is 249 g/mol. The van der Waals surface area contributed by atoms with Gasteiger partial charge in [-0.3, -0.25) is 9.59 Å². The molecule has 1 aliphatic carbocycles. The summed E-state index contributed by atoms with van der Waals surface area (Å²) >= 11 is 0. The Hall–Kier alpha value is -1.65. The molecule has 0 spiro atoms. The maximum Gasteiger partial charge on any atom is 0.240 e. The molecule has 0 saturated heterocycles. The van der Waals surface area contributed by atoms with Gasteiger partial charge >= 0.3 is 0 Å². The number of hydrogen-bond donors (Lipinski definition) is 1. The maximum absolute atomic E-state index is 11.9. The van der Waals surface area contributed by atoms with Gasteiger partial charge < -0.3 is 9.88 Å². The highest BCUT2D eigenvalue weighted by Gasteiger charge is 2.15. The lowest BCUT2D eigenvalue weighted by Crippen LogP contribution is -2.36. The van der Waals surface area contributed by atoms with Gasteiger partial charge in [-0.1, -0.05) is 25.7 Å². The third kappa shape index (κ3) is 3.42. The van der Waals surface area contributed by atoms with Crippen molar-refractivity contribution in [1.82, 2.24) is 14.9 Å². The molecule has 5 heteroatoms. The van der Waals surface area contributed by atoms with Crippen LogP contribution < -0.4 is 5.32 Å². The molecular weight excluding hydrogens is 230 g/mol. The third-order valence-corrected chi connectivity index (χ3v) is 3.39. The maximum atomic E-state index is 11.9. The van der Waals surface area contributed by atoms with Crippen LogP contribution in [0.3, 0.4) is 0 Å². The van der Waals surface area contributed by atoms with Crippen LogP contribution in [-0.2, 0) is 11.3 Å². The van der Waals surface area contributed by atoms with E-state index in [4.69, 9.17) is 0 Å². The molecule has 0 atom stereocenters. The second-order valence-electron chi connectivity index (χ2n) is 4.79. The molecule has 0 radical (unpaired) electrons. The molecule has 1 amide bonds. The molecule has 2 rings (SSSR count). The molecule has 1 heterocycles. The molecule has 1 saturated carbocycles. The van der Waals surface area contributed by atoms with Gasteiger partial charge in [0.25, 0.3) is 0 Å². The van der Waals surface area contributed by atoms with Crippen molar-refractivity contribution in [3.63, 3.8) is 0 Å². The Morgan fingerprint density at radius 1 is 1.39 bits per heavy atom. The zero-order valence-corrected chi connectivity index (χ0v) is 10.5. The van der Waals surface area contributed by atoms with E-state index in [1.165, 1.54) is 31.9 Å². The fraction of sp³-hybridized carbons (Fsp3) is 0.615. The molecule has 1 aliphatic rings. The van der Waals surface area contributed by atoms with Crippen LogP contribution in [0.15, 0.2) is 12.4 Å². The van der Waals surface area contributed by atoms with Crippen molar-refractivity contribution in [3.05, 3.63) is 18.2 Å². The number of nitrogens with zero attached hydrogens (tertiary/aromatic N) is 2. The number of aldehydes is 1. The lowest BCUT2D eigenvalue weighted by Gasteiger charge is -2.16. The Morgan fingerprint density at radius 2 is 2.11 bits per heavy atom. The minimum Gasteiger partial charge on any atom is -0.352 e. The molecule has 1 fully saturated rings. The minimum absolute atomic E-state index is 0.0389. The quantitative estimate of drug-likeness (QED) is 0.650. The first kappa shape index (κ1) is 12.8. The molecule has 18 heavy (non-hydrogen) atoms. The molecule has 1 aromatic heterocycles. The van der Waals surface area contributed by atoms with E-state index in [1.54, 1.807) is 10.8 Å². The van der Waals surface area contributed by atoms with E-state index in [0.29, 0.717) is 18.2 Å². The van der Waals surface area contributed by atoms with Gasteiger partial charge in [0.15, 0.2) is 12.1 Å². The van der Waals surface area contributed by atoms with E-state index in [2.05, 4.69) is 10.3 Å². The van der Waals surface area contributed by atoms with Crippen molar-refractivity contribution in [1.29, 1.82) is 0 Å². The number of rotatable bonds is 4. The lowest BCUT2D eigenvalue weighted by molar-refractivity contribution is -0.122. The zero-order chi connectivity index (χ0) is 12.8. The molecule has 0 unspecified atom stereocenters. The predicted octanol–water partition coefficient (Wildman–Crippen LogP) is 1.53. The minimum atomic E-state index is -0.0389. The molecule has 0 aliphatic heterocycles. The van der Waals surface area contributed by atoms with Crippen molar-refractivity contribution in [3.8, 4) is 0 Å². The van der Waals surface area contributed by atoms with Gasteiger partial charge in [-0.25, -0.2) is 4.98 Å². The van der Waals surface area contributed by atoms with Crippen LogP contribution >= 0.6 is 0 Å². The molecule has 5 nitrogen and oxygen atoms in total. The molecule has 0 aromatic carbocycles. The van der Waals surface area contributed by atoms with Crippen LogP contribution in [0.2, 0.25) is 0 Å². The van der Waals surface area contributed by atoms with Crippen LogP contribution in [0.5, 0.6) is 0 Å². The number of carbonyl (C=O) groups excluding carboxylic acids is 2. The average Bonchev–Trinajstić information content (AvgIpc) is 2.64. The van der Waals surface area contributed by atoms with Gasteiger partial charge in [0, 0.05) is 18.4 Å². The summed E-state index contributed by atoms with van der Waals surface area (Å²) in [5, 5.41) is 3.04. The predicted molar refractivity (Wildman–Crippen MR) is 67.2 cm³/mol. The van der Waals surface area contributed by atoms with Crippen LogP contribution in [0, 0.1) is 0 Å². The van der Waals surface area contributed by atoms with Crippen molar-refractivity contribution >= 4 is 12.2 Å². The van der Waals surface area contributed by atoms with Crippen molar-refractivity contribution in [2.45, 2.75) is 51.1 Å². The first-order valence-corrected chi connectivity index (χ1v) is 6.55. The molecule has 0 bridgehead atoms. The number of imidazole rings is 1. The topological polar surface area (TPSA) is 64.0 Å². The number of aromatic nitrogens is 2. The van der Waals surface area contributed by atoms with Gasteiger partial charge in [0.2, 0.25) is 5.91 Å². The summed E-state index contributed by atoms with van der Waals surface area (Å²) in [5.74, 6) is 0.258. The Labute approximate surface area is 107 Å². The van der Waals surface area contributed by atoms with Gasteiger partial charge in [-0.15, -0.1) is 0 Å². The number of hydrogen-bond acceptors (Lipinski definition) is 3. The van der Waals surface area contributed by atoms with Crippen LogP contribution in [0.4, 0.5) is 0 Å². The SMILES string of the molecule is O=Cc1nccn1CC(=O)NC1CCCCCC1. The Bertz CT molecular complexity index is 406. The highest BCUT2D eigenvalue weighted by Crippen LogP contribution is 2.17. The van der Waals surface area contributed by atoms with E-state index in [0.717, 1.165) is 12.8 Å². The molecule has 1 aromatic rings. The highest BCUT2D eigenvalue weighted by atomic mass is 16.2. The number of carbonyl (C=O) groups is 2. The van der Waals surface area contributed by atoms with Gasteiger partial charge in [0.05, 0.1) is 0 Å². The molecule has 98 valence electrons. The van der Waals surface area contributed by atoms with Crippen LogP contribution in [0.1, 0.15) is 49.1 Å². The fourth-order valence-electron chi connectivity index (χ4n) is 2.42. The smallest absolute Gasteiger partial charge is 0.240 e. The summed E-state index contributed by atoms with van der Waals surface area (Å²) in [5.41, 5.74) is 0. The van der Waals surface area contributed by atoms with Crippen LogP contribution in [0.25, 0.3) is 0 Å². The standard InChI is InChI=1S/C13H19N3O2/c17-10-12-14-7-8-16(12)9-13(18)15-11-5-3-1-2-4-6-11/h7-8,10-11H,1-6,9H2,(H,15,18). The highest BCUT2D eigenvalue weighted by molar-refractivity contribution is 5.77. The third-order valence-electron chi connectivity index (χ3n) is 3.39. The van der Waals surface area contributed by atoms with Gasteiger partial charge in [0.1, 0.15) is 6.54 Å². The first-order chi connectivity index (χ1) is 8.79. The summed E-state index contributed by atoms with van der Waals surface area (Å²) in [7, 11) is 0. The molecule has 1 N–H and O–H groups in total. The largest absolute Gasteiger partial charge is 0.352 e. The summed E-state index contributed by atoms with van der Waals surface area (Å²) in [6, 6.07) is 0.295. The van der Waals surface area contributed by atoms with Crippen molar-refractivity contribution < 1.29 is 9.59 Å². The summed E-state index contributed by atoms with van der Waals surface area (Å²) < 4.78 is 1.57. The summed E-state index contributed by atoms with van der Waals surface area (Å²) in [4.78, 5) is 26.4. The van der Waals surface area contributed by atoms with E-state index < -0.39 is 0 Å². The van der Waals surface area contributed by atoms with Gasteiger partial charge in [-0.2, -0.15) is 0 Å².